The van der Waals surface area contributed by atoms with E-state index in [9.17, 15) is 9.18 Å². The van der Waals surface area contributed by atoms with Crippen LogP contribution in [0, 0.1) is 5.82 Å². The third kappa shape index (κ3) is 3.66. The topological polar surface area (TPSA) is 63.4 Å². The molecule has 1 saturated heterocycles. The summed E-state index contributed by atoms with van der Waals surface area (Å²) >= 11 is 1.47. The normalized spacial score (nSPS) is 15.4. The first kappa shape index (κ1) is 17.9. The van der Waals surface area contributed by atoms with Crippen LogP contribution in [0.2, 0.25) is 0 Å². The summed E-state index contributed by atoms with van der Waals surface area (Å²) in [5, 5.41) is 13.5. The number of nitrogens with zero attached hydrogens (tertiary/aromatic N) is 5. The minimum Gasteiger partial charge on any atom is -0.342 e. The molecule has 0 spiro atoms. The quantitative estimate of drug-likeness (QED) is 0.630. The summed E-state index contributed by atoms with van der Waals surface area (Å²) in [4.78, 5) is 14.7. The van der Waals surface area contributed by atoms with Crippen molar-refractivity contribution in [2.45, 2.75) is 36.5 Å². The van der Waals surface area contributed by atoms with Crippen molar-refractivity contribution in [3.63, 3.8) is 0 Å². The maximum absolute atomic E-state index is 13.2. The van der Waals surface area contributed by atoms with Crippen LogP contribution in [-0.2, 0) is 4.79 Å². The van der Waals surface area contributed by atoms with Gasteiger partial charge in [-0.25, -0.2) is 4.39 Å². The average molecular weight is 385 g/mol. The van der Waals surface area contributed by atoms with E-state index < -0.39 is 0 Å². The second-order valence-corrected chi connectivity index (χ2v) is 7.74. The summed E-state index contributed by atoms with van der Waals surface area (Å²) in [5.41, 5.74) is 1.34. The zero-order valence-corrected chi connectivity index (χ0v) is 15.8. The van der Waals surface area contributed by atoms with Crippen LogP contribution in [0.15, 0.2) is 41.4 Å². The zero-order chi connectivity index (χ0) is 18.8. The molecule has 1 fully saturated rings. The molecule has 3 aromatic rings. The third-order valence-electron chi connectivity index (χ3n) is 4.67. The van der Waals surface area contributed by atoms with E-state index in [2.05, 4.69) is 15.3 Å². The first-order valence-corrected chi connectivity index (χ1v) is 9.97. The summed E-state index contributed by atoms with van der Waals surface area (Å²) in [5.74, 6) is 0.429. The maximum atomic E-state index is 13.2. The molecule has 1 aromatic carbocycles. The number of hydrogen-bond donors (Lipinski definition) is 0. The monoisotopic (exact) mass is 385 g/mol. The number of likely N-dealkylation sites (tertiary alicyclic amines) is 1. The summed E-state index contributed by atoms with van der Waals surface area (Å²) in [6.45, 7) is 3.72. The Balaban J connectivity index is 1.61. The molecule has 1 atom stereocenters. The Morgan fingerprint density at radius 1 is 1.15 bits per heavy atom. The fourth-order valence-corrected chi connectivity index (χ4v) is 4.19. The van der Waals surface area contributed by atoms with Gasteiger partial charge in [0, 0.05) is 18.7 Å². The summed E-state index contributed by atoms with van der Waals surface area (Å²) in [6.07, 6.45) is 2.91. The molecule has 0 N–H and O–H groups in total. The molecule has 4 rings (SSSR count). The number of fused-ring (bicyclic) bond motifs is 1. The Bertz CT molecular complexity index is 952. The minimum atomic E-state index is -0.303. The van der Waals surface area contributed by atoms with Crippen LogP contribution in [0.5, 0.6) is 0 Å². The van der Waals surface area contributed by atoms with Gasteiger partial charge in [0.2, 0.25) is 5.91 Å². The van der Waals surface area contributed by atoms with Crippen molar-refractivity contribution in [1.82, 2.24) is 24.7 Å². The van der Waals surface area contributed by atoms with Crippen LogP contribution < -0.4 is 0 Å². The highest BCUT2D eigenvalue weighted by Gasteiger charge is 2.26. The lowest BCUT2D eigenvalue weighted by Gasteiger charge is -2.21. The van der Waals surface area contributed by atoms with Gasteiger partial charge in [-0.15, -0.1) is 10.2 Å². The fourth-order valence-electron chi connectivity index (χ4n) is 3.21. The standard InChI is InChI=1S/C19H20FN5OS/c1-2-15(19(26)24-11-3-4-12-24)27-17-10-9-16-21-22-18(25(16)23-17)13-5-7-14(20)8-6-13/h5-10,15H,2-4,11-12H2,1H3/t15-/m1/s1. The van der Waals surface area contributed by atoms with Crippen molar-refractivity contribution in [3.8, 4) is 11.4 Å². The van der Waals surface area contributed by atoms with E-state index in [0.717, 1.165) is 42.9 Å². The Labute approximate surface area is 160 Å². The highest BCUT2D eigenvalue weighted by molar-refractivity contribution is 8.00. The van der Waals surface area contributed by atoms with Crippen molar-refractivity contribution < 1.29 is 9.18 Å². The van der Waals surface area contributed by atoms with Crippen molar-refractivity contribution in [2.24, 2.45) is 0 Å². The smallest absolute Gasteiger partial charge is 0.236 e. The highest BCUT2D eigenvalue weighted by Crippen LogP contribution is 2.27. The van der Waals surface area contributed by atoms with E-state index in [1.54, 1.807) is 16.6 Å². The molecule has 0 bridgehead atoms. The van der Waals surface area contributed by atoms with Crippen LogP contribution in [0.3, 0.4) is 0 Å². The van der Waals surface area contributed by atoms with Gasteiger partial charge in [-0.2, -0.15) is 9.61 Å². The van der Waals surface area contributed by atoms with Crippen molar-refractivity contribution in [2.75, 3.05) is 13.1 Å². The molecule has 1 aliphatic rings. The zero-order valence-electron chi connectivity index (χ0n) is 15.0. The molecule has 1 amide bonds. The lowest BCUT2D eigenvalue weighted by Crippen LogP contribution is -2.35. The highest BCUT2D eigenvalue weighted by atomic mass is 32.2. The molecule has 6 nitrogen and oxygen atoms in total. The Hall–Kier alpha value is -2.48. The molecule has 0 unspecified atom stereocenters. The minimum absolute atomic E-state index is 0.154. The third-order valence-corrected chi connectivity index (χ3v) is 5.95. The van der Waals surface area contributed by atoms with Crippen LogP contribution in [-0.4, -0.2) is 49.0 Å². The predicted molar refractivity (Wildman–Crippen MR) is 102 cm³/mol. The number of benzene rings is 1. The number of carbonyl (C=O) groups excluding carboxylic acids is 1. The Kier molecular flexibility index (Phi) is 5.07. The van der Waals surface area contributed by atoms with Gasteiger partial charge in [0.05, 0.1) is 5.25 Å². The van der Waals surface area contributed by atoms with E-state index in [1.165, 1.54) is 23.9 Å². The average Bonchev–Trinajstić information content (AvgIpc) is 3.36. The van der Waals surface area contributed by atoms with E-state index in [0.29, 0.717) is 11.5 Å². The van der Waals surface area contributed by atoms with Crippen molar-refractivity contribution in [3.05, 3.63) is 42.2 Å². The van der Waals surface area contributed by atoms with E-state index in [4.69, 9.17) is 0 Å². The largest absolute Gasteiger partial charge is 0.342 e. The number of aromatic nitrogens is 4. The van der Waals surface area contributed by atoms with Crippen molar-refractivity contribution >= 4 is 23.3 Å². The number of thioether (sulfide) groups is 1. The van der Waals surface area contributed by atoms with Gasteiger partial charge in [-0.1, -0.05) is 18.7 Å². The van der Waals surface area contributed by atoms with E-state index >= 15 is 0 Å². The van der Waals surface area contributed by atoms with Gasteiger partial charge in [-0.3, -0.25) is 4.79 Å². The lowest BCUT2D eigenvalue weighted by atomic mass is 10.2. The fraction of sp³-hybridized carbons (Fsp3) is 0.368. The number of halogens is 1. The second kappa shape index (κ2) is 7.64. The SMILES string of the molecule is CC[C@@H](Sc1ccc2nnc(-c3ccc(F)cc3)n2n1)C(=O)N1CCCC1. The van der Waals surface area contributed by atoms with Gasteiger partial charge in [0.25, 0.3) is 0 Å². The molecule has 27 heavy (non-hydrogen) atoms. The number of rotatable bonds is 5. The molecular formula is C19H20FN5OS. The van der Waals surface area contributed by atoms with Crippen LogP contribution in [0.1, 0.15) is 26.2 Å². The molecule has 2 aromatic heterocycles. The van der Waals surface area contributed by atoms with Crippen LogP contribution in [0.25, 0.3) is 17.0 Å². The van der Waals surface area contributed by atoms with E-state index in [-0.39, 0.29) is 17.0 Å². The number of hydrogen-bond acceptors (Lipinski definition) is 5. The predicted octanol–water partition coefficient (Wildman–Crippen LogP) is 3.42. The summed E-state index contributed by atoms with van der Waals surface area (Å²) in [7, 11) is 0. The van der Waals surface area contributed by atoms with Gasteiger partial charge in [0.15, 0.2) is 11.5 Å². The first-order chi connectivity index (χ1) is 13.2. The van der Waals surface area contributed by atoms with Gasteiger partial charge < -0.3 is 4.90 Å². The first-order valence-electron chi connectivity index (χ1n) is 9.09. The molecule has 140 valence electrons. The molecule has 0 aliphatic carbocycles. The second-order valence-electron chi connectivity index (χ2n) is 6.52. The molecular weight excluding hydrogens is 365 g/mol. The molecule has 3 heterocycles. The molecule has 1 aliphatic heterocycles. The van der Waals surface area contributed by atoms with Gasteiger partial charge in [0.1, 0.15) is 10.8 Å². The van der Waals surface area contributed by atoms with Crippen LogP contribution >= 0.6 is 11.8 Å². The van der Waals surface area contributed by atoms with Crippen LogP contribution in [0.4, 0.5) is 4.39 Å². The maximum Gasteiger partial charge on any atom is 0.236 e. The Morgan fingerprint density at radius 3 is 2.59 bits per heavy atom. The molecule has 0 radical (unpaired) electrons. The number of amides is 1. The Morgan fingerprint density at radius 2 is 1.89 bits per heavy atom. The summed E-state index contributed by atoms with van der Waals surface area (Å²) < 4.78 is 14.8. The summed E-state index contributed by atoms with van der Waals surface area (Å²) in [6, 6.07) is 9.77. The van der Waals surface area contributed by atoms with Crippen molar-refractivity contribution in [1.29, 1.82) is 0 Å². The molecule has 8 heteroatoms. The van der Waals surface area contributed by atoms with Gasteiger partial charge >= 0.3 is 0 Å². The van der Waals surface area contributed by atoms with E-state index in [1.807, 2.05) is 24.0 Å². The van der Waals surface area contributed by atoms with Gasteiger partial charge in [-0.05, 0) is 55.7 Å². The number of carbonyl (C=O) groups is 1. The lowest BCUT2D eigenvalue weighted by molar-refractivity contribution is -0.129. The molecule has 0 saturated carbocycles.